The number of hydrogen-bond acceptors (Lipinski definition) is 2. The molecular weight excluding hydrogens is 278 g/mol. The van der Waals surface area contributed by atoms with Gasteiger partial charge in [0.2, 0.25) is 0 Å². The summed E-state index contributed by atoms with van der Waals surface area (Å²) in [6.07, 6.45) is 3.62. The molecule has 1 atom stereocenters. The van der Waals surface area contributed by atoms with Gasteiger partial charge in [0.1, 0.15) is 5.82 Å². The normalized spacial score (nSPS) is 12.6. The predicted molar refractivity (Wildman–Crippen MR) is 72.7 cm³/mol. The van der Waals surface area contributed by atoms with E-state index in [2.05, 4.69) is 63.3 Å². The van der Waals surface area contributed by atoms with Crippen molar-refractivity contribution in [1.82, 2.24) is 15.3 Å². The van der Waals surface area contributed by atoms with Gasteiger partial charge in [-0.3, -0.25) is 0 Å². The predicted octanol–water partition coefficient (Wildman–Crippen LogP) is 3.33. The lowest BCUT2D eigenvalue weighted by Crippen LogP contribution is -2.19. The number of halogens is 1. The molecule has 1 unspecified atom stereocenters. The zero-order chi connectivity index (χ0) is 12.3. The Morgan fingerprint density at radius 2 is 2.29 bits per heavy atom. The van der Waals surface area contributed by atoms with Crippen LogP contribution in [0.3, 0.4) is 0 Å². The second-order valence-corrected chi connectivity index (χ2v) is 5.03. The van der Waals surface area contributed by atoms with E-state index >= 15 is 0 Å². The molecule has 17 heavy (non-hydrogen) atoms. The number of benzene rings is 1. The van der Waals surface area contributed by atoms with E-state index in [-0.39, 0.29) is 6.04 Å². The minimum Gasteiger partial charge on any atom is -0.347 e. The van der Waals surface area contributed by atoms with E-state index < -0.39 is 0 Å². The maximum absolute atomic E-state index is 4.24. The van der Waals surface area contributed by atoms with Crippen LogP contribution in [0.2, 0.25) is 0 Å². The quantitative estimate of drug-likeness (QED) is 0.908. The first-order valence-electron chi connectivity index (χ1n) is 5.64. The Balaban J connectivity index is 1.98. The molecule has 0 aliphatic heterocycles. The lowest BCUT2D eigenvalue weighted by atomic mass is 10.1. The van der Waals surface area contributed by atoms with E-state index in [0.717, 1.165) is 16.8 Å². The Kier molecular flexibility index (Phi) is 3.97. The maximum atomic E-state index is 4.24. The minimum absolute atomic E-state index is 0.221. The Morgan fingerprint density at radius 1 is 1.47 bits per heavy atom. The third-order valence-corrected chi connectivity index (χ3v) is 3.48. The fourth-order valence-electron chi connectivity index (χ4n) is 1.67. The van der Waals surface area contributed by atoms with Gasteiger partial charge >= 0.3 is 0 Å². The number of nitrogens with one attached hydrogen (secondary N) is 2. The highest BCUT2D eigenvalue weighted by molar-refractivity contribution is 9.10. The Labute approximate surface area is 110 Å². The van der Waals surface area contributed by atoms with Crippen molar-refractivity contribution >= 4 is 15.9 Å². The smallest absolute Gasteiger partial charge is 0.122 e. The molecular formula is C13H16BrN3. The van der Waals surface area contributed by atoms with Gasteiger partial charge < -0.3 is 10.3 Å². The summed E-state index contributed by atoms with van der Waals surface area (Å²) in [5.41, 5.74) is 2.52. The summed E-state index contributed by atoms with van der Waals surface area (Å²) < 4.78 is 1.15. The topological polar surface area (TPSA) is 40.7 Å². The van der Waals surface area contributed by atoms with Crippen LogP contribution in [-0.4, -0.2) is 9.97 Å². The van der Waals surface area contributed by atoms with E-state index in [0.29, 0.717) is 0 Å². The van der Waals surface area contributed by atoms with Crippen molar-refractivity contribution in [2.45, 2.75) is 26.4 Å². The Hall–Kier alpha value is -1.13. The van der Waals surface area contributed by atoms with Crippen molar-refractivity contribution in [2.75, 3.05) is 0 Å². The van der Waals surface area contributed by atoms with Crippen molar-refractivity contribution in [3.63, 3.8) is 0 Å². The largest absolute Gasteiger partial charge is 0.347 e. The molecule has 0 aliphatic rings. The summed E-state index contributed by atoms with van der Waals surface area (Å²) in [7, 11) is 0. The molecule has 90 valence electrons. The van der Waals surface area contributed by atoms with Crippen LogP contribution in [-0.2, 0) is 6.54 Å². The van der Waals surface area contributed by atoms with Gasteiger partial charge in [-0.15, -0.1) is 0 Å². The summed E-state index contributed by atoms with van der Waals surface area (Å²) in [6.45, 7) is 5.01. The van der Waals surface area contributed by atoms with Crippen LogP contribution in [0.25, 0.3) is 0 Å². The number of aromatic nitrogens is 2. The number of rotatable bonds is 4. The van der Waals surface area contributed by atoms with Crippen LogP contribution in [0.4, 0.5) is 0 Å². The highest BCUT2D eigenvalue weighted by Gasteiger charge is 2.07. The highest BCUT2D eigenvalue weighted by Crippen LogP contribution is 2.19. The SMILES string of the molecule is Cc1ccc(CNC(C)c2ncc[nH]2)c(Br)c1. The molecule has 0 saturated heterocycles. The fourth-order valence-corrected chi connectivity index (χ4v) is 2.30. The van der Waals surface area contributed by atoms with Crippen molar-refractivity contribution in [3.05, 3.63) is 52.0 Å². The molecule has 0 aliphatic carbocycles. The summed E-state index contributed by atoms with van der Waals surface area (Å²) in [6, 6.07) is 6.62. The third-order valence-electron chi connectivity index (χ3n) is 2.74. The van der Waals surface area contributed by atoms with Gasteiger partial charge in [0.15, 0.2) is 0 Å². The van der Waals surface area contributed by atoms with Crippen LogP contribution >= 0.6 is 15.9 Å². The van der Waals surface area contributed by atoms with Crippen LogP contribution in [0.5, 0.6) is 0 Å². The van der Waals surface area contributed by atoms with Gasteiger partial charge in [-0.05, 0) is 31.0 Å². The number of aryl methyl sites for hydroxylation is 1. The number of H-pyrrole nitrogens is 1. The molecule has 1 aromatic heterocycles. The molecule has 3 nitrogen and oxygen atoms in total. The van der Waals surface area contributed by atoms with Crippen molar-refractivity contribution in [2.24, 2.45) is 0 Å². The number of imidazole rings is 1. The van der Waals surface area contributed by atoms with Crippen molar-refractivity contribution < 1.29 is 0 Å². The molecule has 2 N–H and O–H groups in total. The second kappa shape index (κ2) is 5.47. The molecule has 0 amide bonds. The molecule has 1 aromatic carbocycles. The average molecular weight is 294 g/mol. The average Bonchev–Trinajstić information content (AvgIpc) is 2.81. The molecule has 0 fully saturated rings. The Morgan fingerprint density at radius 3 is 2.94 bits per heavy atom. The Bertz CT molecular complexity index is 479. The zero-order valence-corrected chi connectivity index (χ0v) is 11.6. The molecule has 4 heteroatoms. The number of nitrogens with zero attached hydrogens (tertiary/aromatic N) is 1. The molecule has 0 bridgehead atoms. The minimum atomic E-state index is 0.221. The molecule has 0 saturated carbocycles. The second-order valence-electron chi connectivity index (χ2n) is 4.17. The summed E-state index contributed by atoms with van der Waals surface area (Å²) in [5.74, 6) is 0.966. The van der Waals surface area contributed by atoms with Crippen molar-refractivity contribution in [3.8, 4) is 0 Å². The van der Waals surface area contributed by atoms with E-state index in [1.807, 2.05) is 6.20 Å². The summed E-state index contributed by atoms with van der Waals surface area (Å²) in [5, 5.41) is 3.44. The number of hydrogen-bond donors (Lipinski definition) is 2. The van der Waals surface area contributed by atoms with Gasteiger partial charge in [-0.25, -0.2) is 4.98 Å². The van der Waals surface area contributed by atoms with Gasteiger partial charge in [0.05, 0.1) is 6.04 Å². The van der Waals surface area contributed by atoms with E-state index in [1.54, 1.807) is 6.20 Å². The zero-order valence-electron chi connectivity index (χ0n) is 10.00. The monoisotopic (exact) mass is 293 g/mol. The van der Waals surface area contributed by atoms with E-state index in [4.69, 9.17) is 0 Å². The van der Waals surface area contributed by atoms with Crippen molar-refractivity contribution in [1.29, 1.82) is 0 Å². The van der Waals surface area contributed by atoms with Crippen LogP contribution in [0.1, 0.15) is 29.9 Å². The van der Waals surface area contributed by atoms with Crippen LogP contribution in [0.15, 0.2) is 35.1 Å². The lowest BCUT2D eigenvalue weighted by molar-refractivity contribution is 0.550. The van der Waals surface area contributed by atoms with Crippen LogP contribution < -0.4 is 5.32 Å². The summed E-state index contributed by atoms with van der Waals surface area (Å²) in [4.78, 5) is 7.35. The van der Waals surface area contributed by atoms with Gasteiger partial charge in [-0.1, -0.05) is 28.1 Å². The standard InChI is InChI=1S/C13H16BrN3/c1-9-3-4-11(12(14)7-9)8-17-10(2)13-15-5-6-16-13/h3-7,10,17H,8H2,1-2H3,(H,15,16). The van der Waals surface area contributed by atoms with Gasteiger partial charge in [0, 0.05) is 23.4 Å². The van der Waals surface area contributed by atoms with E-state index in [1.165, 1.54) is 11.1 Å². The van der Waals surface area contributed by atoms with Gasteiger partial charge in [-0.2, -0.15) is 0 Å². The lowest BCUT2D eigenvalue weighted by Gasteiger charge is -2.12. The first-order chi connectivity index (χ1) is 8.16. The van der Waals surface area contributed by atoms with Gasteiger partial charge in [0.25, 0.3) is 0 Å². The first-order valence-corrected chi connectivity index (χ1v) is 6.44. The molecule has 2 aromatic rings. The maximum Gasteiger partial charge on any atom is 0.122 e. The fraction of sp³-hybridized carbons (Fsp3) is 0.308. The first kappa shape index (κ1) is 12.3. The number of aromatic amines is 1. The van der Waals surface area contributed by atoms with Crippen LogP contribution in [0, 0.1) is 6.92 Å². The molecule has 0 radical (unpaired) electrons. The summed E-state index contributed by atoms with van der Waals surface area (Å²) >= 11 is 3.58. The highest BCUT2D eigenvalue weighted by atomic mass is 79.9. The molecule has 1 heterocycles. The third kappa shape index (κ3) is 3.17. The molecule has 0 spiro atoms. The molecule has 2 rings (SSSR count). The van der Waals surface area contributed by atoms with E-state index in [9.17, 15) is 0 Å².